The molecule has 0 spiro atoms. The van der Waals surface area contributed by atoms with Gasteiger partial charge in [-0.1, -0.05) is 76.4 Å². The molecule has 0 aliphatic heterocycles. The number of rotatable bonds is 29. The topological polar surface area (TPSA) is 32.0 Å². The second-order valence-corrected chi connectivity index (χ2v) is 9.91. The highest BCUT2D eigenvalue weighted by molar-refractivity contribution is 4.98. The van der Waals surface area contributed by atoms with Crippen LogP contribution in [0.5, 0.6) is 0 Å². The summed E-state index contributed by atoms with van der Waals surface area (Å²) in [6.07, 6.45) is 27.1. The normalized spacial score (nSPS) is 11.4. The lowest BCUT2D eigenvalue weighted by molar-refractivity contribution is 0.0212. The number of ether oxygens (including phenoxy) is 3. The standard InChI is InChI=1S/C31H57NO3/c1-5-7-9-11-13-15-17-19-21-23-31(32-3,25-26-34-29-30-35-28-27-33-4)24-22-20-18-16-14-12-10-8-6-2/h5-6H,1-2,7-30H2,4H3. The van der Waals surface area contributed by atoms with Crippen molar-refractivity contribution >= 4 is 0 Å². The maximum Gasteiger partial charge on any atom is 0.234 e. The molecule has 0 aromatic heterocycles. The molecule has 0 bridgehead atoms. The van der Waals surface area contributed by atoms with Gasteiger partial charge < -0.3 is 19.1 Å². The molecule has 0 saturated carbocycles. The lowest BCUT2D eigenvalue weighted by Crippen LogP contribution is -2.27. The highest BCUT2D eigenvalue weighted by Gasteiger charge is 2.35. The Bertz CT molecular complexity index is 474. The number of hydrogen-bond acceptors (Lipinski definition) is 3. The number of hydrogen-bond donors (Lipinski definition) is 0. The van der Waals surface area contributed by atoms with E-state index in [-0.39, 0.29) is 5.54 Å². The summed E-state index contributed by atoms with van der Waals surface area (Å²) in [5, 5.41) is 0. The van der Waals surface area contributed by atoms with E-state index in [0.29, 0.717) is 33.0 Å². The van der Waals surface area contributed by atoms with Crippen molar-refractivity contribution in [2.45, 2.75) is 128 Å². The predicted octanol–water partition coefficient (Wildman–Crippen LogP) is 9.11. The lowest BCUT2D eigenvalue weighted by atomic mass is 9.84. The van der Waals surface area contributed by atoms with Crippen molar-refractivity contribution in [2.24, 2.45) is 0 Å². The fourth-order valence-electron chi connectivity index (χ4n) is 4.52. The third-order valence-electron chi connectivity index (χ3n) is 6.85. The van der Waals surface area contributed by atoms with E-state index in [4.69, 9.17) is 20.8 Å². The summed E-state index contributed by atoms with van der Waals surface area (Å²) in [4.78, 5) is 4.22. The summed E-state index contributed by atoms with van der Waals surface area (Å²) < 4.78 is 16.3. The molecule has 0 aliphatic carbocycles. The van der Waals surface area contributed by atoms with Gasteiger partial charge in [0, 0.05) is 26.4 Å². The van der Waals surface area contributed by atoms with Crippen LogP contribution in [0.25, 0.3) is 4.85 Å². The third kappa shape index (κ3) is 23.0. The van der Waals surface area contributed by atoms with E-state index in [0.717, 1.165) is 32.1 Å². The first-order chi connectivity index (χ1) is 17.2. The van der Waals surface area contributed by atoms with Crippen molar-refractivity contribution < 1.29 is 14.2 Å². The SMILES string of the molecule is [C-]#[N+]C(CCCCCCCCCC=C)(CCCCCCCCCC=C)CCOCCOCCOC. The van der Waals surface area contributed by atoms with Crippen LogP contribution in [0.1, 0.15) is 122 Å². The summed E-state index contributed by atoms with van der Waals surface area (Å²) in [6.45, 7) is 18.7. The minimum Gasteiger partial charge on any atom is -0.382 e. The summed E-state index contributed by atoms with van der Waals surface area (Å²) in [5.41, 5.74) is -0.245. The number of unbranched alkanes of at least 4 members (excludes halogenated alkanes) is 14. The molecule has 0 atom stereocenters. The van der Waals surface area contributed by atoms with Gasteiger partial charge in [0.05, 0.1) is 33.0 Å². The van der Waals surface area contributed by atoms with Crippen LogP contribution in [-0.2, 0) is 14.2 Å². The minimum absolute atomic E-state index is 0.245. The number of nitrogens with zero attached hydrogens (tertiary/aromatic N) is 1. The van der Waals surface area contributed by atoms with Crippen LogP contribution in [0.4, 0.5) is 0 Å². The van der Waals surface area contributed by atoms with Crippen molar-refractivity contribution in [1.82, 2.24) is 0 Å². The maximum atomic E-state index is 8.04. The van der Waals surface area contributed by atoms with Crippen LogP contribution in [-0.4, -0.2) is 45.7 Å². The summed E-state index contributed by atoms with van der Waals surface area (Å²) in [7, 11) is 1.68. The fourth-order valence-corrected chi connectivity index (χ4v) is 4.52. The molecule has 4 heteroatoms. The lowest BCUT2D eigenvalue weighted by Gasteiger charge is -2.22. The van der Waals surface area contributed by atoms with Crippen LogP contribution in [0.15, 0.2) is 25.3 Å². The Morgan fingerprint density at radius 2 is 0.971 bits per heavy atom. The first kappa shape index (κ1) is 33.8. The summed E-state index contributed by atoms with van der Waals surface area (Å²) >= 11 is 0. The van der Waals surface area contributed by atoms with Gasteiger partial charge in [-0.2, -0.15) is 0 Å². The Labute approximate surface area is 218 Å². The molecule has 0 N–H and O–H groups in total. The van der Waals surface area contributed by atoms with Gasteiger partial charge >= 0.3 is 0 Å². The van der Waals surface area contributed by atoms with Crippen LogP contribution >= 0.6 is 0 Å². The Morgan fingerprint density at radius 1 is 0.571 bits per heavy atom. The van der Waals surface area contributed by atoms with Gasteiger partial charge in [0.1, 0.15) is 0 Å². The molecule has 0 rings (SSSR count). The summed E-state index contributed by atoms with van der Waals surface area (Å²) in [5.74, 6) is 0. The van der Waals surface area contributed by atoms with Crippen LogP contribution in [0, 0.1) is 6.57 Å². The van der Waals surface area contributed by atoms with Crippen molar-refractivity contribution in [3.05, 3.63) is 36.7 Å². The maximum absolute atomic E-state index is 8.04. The predicted molar refractivity (Wildman–Crippen MR) is 151 cm³/mol. The average Bonchev–Trinajstić information content (AvgIpc) is 2.87. The molecule has 0 saturated heterocycles. The van der Waals surface area contributed by atoms with Crippen molar-refractivity contribution in [3.63, 3.8) is 0 Å². The van der Waals surface area contributed by atoms with Gasteiger partial charge in [-0.25, -0.2) is 6.57 Å². The van der Waals surface area contributed by atoms with Gasteiger partial charge in [-0.05, 0) is 38.5 Å². The van der Waals surface area contributed by atoms with Crippen LogP contribution < -0.4 is 0 Å². The van der Waals surface area contributed by atoms with Gasteiger partial charge in [0.15, 0.2) is 0 Å². The van der Waals surface area contributed by atoms with Gasteiger partial charge in [0.2, 0.25) is 5.54 Å². The van der Waals surface area contributed by atoms with E-state index in [1.54, 1.807) is 7.11 Å². The van der Waals surface area contributed by atoms with Gasteiger partial charge in [0.25, 0.3) is 0 Å². The van der Waals surface area contributed by atoms with E-state index >= 15 is 0 Å². The molecule has 0 unspecified atom stereocenters. The monoisotopic (exact) mass is 491 g/mol. The molecule has 35 heavy (non-hydrogen) atoms. The molecule has 0 amide bonds. The van der Waals surface area contributed by atoms with E-state index < -0.39 is 0 Å². The molecular weight excluding hydrogens is 434 g/mol. The highest BCUT2D eigenvalue weighted by atomic mass is 16.5. The number of allylic oxidation sites excluding steroid dienone is 2. The zero-order chi connectivity index (χ0) is 25.7. The van der Waals surface area contributed by atoms with Crippen LogP contribution in [0.2, 0.25) is 0 Å². The van der Waals surface area contributed by atoms with Crippen molar-refractivity contribution in [1.29, 1.82) is 0 Å². The summed E-state index contributed by atoms with van der Waals surface area (Å²) in [6, 6.07) is 0. The molecule has 0 fully saturated rings. The highest BCUT2D eigenvalue weighted by Crippen LogP contribution is 2.31. The quantitative estimate of drug-likeness (QED) is 0.0594. The minimum atomic E-state index is -0.245. The van der Waals surface area contributed by atoms with Crippen molar-refractivity contribution in [2.75, 3.05) is 40.1 Å². The molecular formula is C31H57NO3. The molecule has 0 radical (unpaired) electrons. The molecule has 0 aromatic carbocycles. The molecule has 4 nitrogen and oxygen atoms in total. The Balaban J connectivity index is 4.26. The second-order valence-electron chi connectivity index (χ2n) is 9.91. The van der Waals surface area contributed by atoms with Crippen molar-refractivity contribution in [3.8, 4) is 0 Å². The molecule has 204 valence electrons. The first-order valence-corrected chi connectivity index (χ1v) is 14.5. The molecule has 0 aliphatic rings. The van der Waals surface area contributed by atoms with E-state index in [1.807, 2.05) is 12.2 Å². The largest absolute Gasteiger partial charge is 0.382 e. The zero-order valence-electron chi connectivity index (χ0n) is 23.2. The Kier molecular flexibility index (Phi) is 26.5. The van der Waals surface area contributed by atoms with Crippen LogP contribution in [0.3, 0.4) is 0 Å². The van der Waals surface area contributed by atoms with E-state index in [1.165, 1.54) is 89.9 Å². The van der Waals surface area contributed by atoms with E-state index in [9.17, 15) is 0 Å². The van der Waals surface area contributed by atoms with Gasteiger partial charge in [-0.3, -0.25) is 0 Å². The second kappa shape index (κ2) is 27.4. The number of methoxy groups -OCH3 is 1. The zero-order valence-corrected chi connectivity index (χ0v) is 23.2. The molecule has 0 aromatic rings. The molecule has 0 heterocycles. The van der Waals surface area contributed by atoms with E-state index in [2.05, 4.69) is 18.0 Å². The first-order valence-electron chi connectivity index (χ1n) is 14.5. The average molecular weight is 492 g/mol. The third-order valence-corrected chi connectivity index (χ3v) is 6.85. The van der Waals surface area contributed by atoms with Gasteiger partial charge in [-0.15, -0.1) is 13.2 Å². The smallest absolute Gasteiger partial charge is 0.234 e. The Morgan fingerprint density at radius 3 is 1.40 bits per heavy atom. The Hall–Kier alpha value is -1.15. The fraction of sp³-hybridized carbons (Fsp3) is 0.839.